The van der Waals surface area contributed by atoms with Crippen molar-refractivity contribution in [3.05, 3.63) is 71.6 Å². The molecule has 2 saturated carbocycles. The number of carbonyl (C=O) groups excluding carboxylic acids is 2. The van der Waals surface area contributed by atoms with Gasteiger partial charge in [-0.15, -0.1) is 0 Å². The van der Waals surface area contributed by atoms with Gasteiger partial charge in [0.2, 0.25) is 5.91 Å². The van der Waals surface area contributed by atoms with E-state index in [1.54, 1.807) is 18.3 Å². The molecule has 1 aromatic carbocycles. The number of hydrogen-bond donors (Lipinski definition) is 1. The van der Waals surface area contributed by atoms with Gasteiger partial charge in [0, 0.05) is 36.5 Å². The number of nitrogens with one attached hydrogen (secondary N) is 1. The first-order valence-electron chi connectivity index (χ1n) is 9.48. The first kappa shape index (κ1) is 17.5. The molecule has 1 aromatic heterocycles. The topological polar surface area (TPSA) is 62.3 Å². The van der Waals surface area contributed by atoms with Gasteiger partial charge in [-0.1, -0.05) is 18.2 Å². The summed E-state index contributed by atoms with van der Waals surface area (Å²) in [5.74, 6) is -0.0174. The number of nitrogens with zero attached hydrogens (tertiary/aromatic N) is 2. The van der Waals surface area contributed by atoms with E-state index in [-0.39, 0.29) is 11.8 Å². The summed E-state index contributed by atoms with van der Waals surface area (Å²) in [7, 11) is 0. The second-order valence-corrected chi connectivity index (χ2v) is 7.23. The van der Waals surface area contributed by atoms with Gasteiger partial charge in [-0.05, 0) is 61.6 Å². The zero-order valence-corrected chi connectivity index (χ0v) is 15.2. The Labute approximate surface area is 159 Å². The average Bonchev–Trinajstić information content (AvgIpc) is 3.60. The Balaban J connectivity index is 1.40. The van der Waals surface area contributed by atoms with Gasteiger partial charge in [0.05, 0.1) is 5.69 Å². The minimum absolute atomic E-state index is 0.00120. The van der Waals surface area contributed by atoms with Crippen molar-refractivity contribution in [3.8, 4) is 0 Å². The first-order chi connectivity index (χ1) is 13.2. The van der Waals surface area contributed by atoms with Crippen LogP contribution in [0.25, 0.3) is 6.08 Å². The fraction of sp³-hybridized carbons (Fsp3) is 0.318. The second-order valence-electron chi connectivity index (χ2n) is 7.23. The highest BCUT2D eigenvalue weighted by Crippen LogP contribution is 2.29. The van der Waals surface area contributed by atoms with Crippen LogP contribution in [0.2, 0.25) is 0 Å². The van der Waals surface area contributed by atoms with Gasteiger partial charge < -0.3 is 10.2 Å². The zero-order valence-electron chi connectivity index (χ0n) is 15.2. The quantitative estimate of drug-likeness (QED) is 0.771. The Bertz CT molecular complexity index is 838. The van der Waals surface area contributed by atoms with Gasteiger partial charge in [-0.25, -0.2) is 0 Å². The molecular formula is C22H23N3O2. The van der Waals surface area contributed by atoms with Crippen molar-refractivity contribution >= 4 is 17.9 Å². The Morgan fingerprint density at radius 3 is 2.48 bits per heavy atom. The van der Waals surface area contributed by atoms with Crippen LogP contribution in [0, 0.1) is 0 Å². The van der Waals surface area contributed by atoms with Gasteiger partial charge in [0.1, 0.15) is 0 Å². The molecule has 2 fully saturated rings. The molecule has 0 atom stereocenters. The van der Waals surface area contributed by atoms with Crippen LogP contribution < -0.4 is 5.32 Å². The van der Waals surface area contributed by atoms with Crippen molar-refractivity contribution in [2.75, 3.05) is 0 Å². The van der Waals surface area contributed by atoms with Crippen molar-refractivity contribution in [3.63, 3.8) is 0 Å². The van der Waals surface area contributed by atoms with E-state index in [9.17, 15) is 9.59 Å². The predicted molar refractivity (Wildman–Crippen MR) is 104 cm³/mol. The summed E-state index contributed by atoms with van der Waals surface area (Å²) in [6.07, 6.45) is 9.31. The maximum Gasteiger partial charge on any atom is 0.251 e. The van der Waals surface area contributed by atoms with Crippen molar-refractivity contribution in [1.29, 1.82) is 0 Å². The van der Waals surface area contributed by atoms with E-state index >= 15 is 0 Å². The molecule has 0 aliphatic heterocycles. The molecule has 27 heavy (non-hydrogen) atoms. The smallest absolute Gasteiger partial charge is 0.251 e. The highest BCUT2D eigenvalue weighted by atomic mass is 16.2. The maximum absolute atomic E-state index is 12.7. The van der Waals surface area contributed by atoms with E-state index in [1.807, 2.05) is 47.4 Å². The molecule has 0 saturated heterocycles. The van der Waals surface area contributed by atoms with Gasteiger partial charge in [-0.2, -0.15) is 0 Å². The number of amides is 2. The van der Waals surface area contributed by atoms with Gasteiger partial charge in [0.25, 0.3) is 5.91 Å². The fourth-order valence-electron chi connectivity index (χ4n) is 2.95. The number of rotatable bonds is 7. The highest BCUT2D eigenvalue weighted by Gasteiger charge is 2.31. The molecule has 2 amide bonds. The Morgan fingerprint density at radius 1 is 1.07 bits per heavy atom. The third kappa shape index (κ3) is 4.82. The monoisotopic (exact) mass is 361 g/mol. The van der Waals surface area contributed by atoms with Crippen LogP contribution in [0.5, 0.6) is 0 Å². The first-order valence-corrected chi connectivity index (χ1v) is 9.48. The SMILES string of the molecule is O=C(NC1CC1)c1ccc(CN(C(=O)/C=C/c2ccccn2)C2CC2)cc1. The summed E-state index contributed by atoms with van der Waals surface area (Å²) in [4.78, 5) is 30.8. The lowest BCUT2D eigenvalue weighted by molar-refractivity contribution is -0.127. The zero-order chi connectivity index (χ0) is 18.6. The van der Waals surface area contributed by atoms with Crippen LogP contribution in [-0.4, -0.2) is 33.8 Å². The summed E-state index contributed by atoms with van der Waals surface area (Å²) in [6, 6.07) is 13.8. The summed E-state index contributed by atoms with van der Waals surface area (Å²) < 4.78 is 0. The molecule has 138 valence electrons. The lowest BCUT2D eigenvalue weighted by atomic mass is 10.1. The van der Waals surface area contributed by atoms with Crippen molar-refractivity contribution in [2.45, 2.75) is 44.3 Å². The van der Waals surface area contributed by atoms with Gasteiger partial charge in [0.15, 0.2) is 0 Å². The summed E-state index contributed by atoms with van der Waals surface area (Å²) in [6.45, 7) is 0.556. The minimum Gasteiger partial charge on any atom is -0.349 e. The standard InChI is InChI=1S/C22H23N3O2/c26-21(13-10-18-3-1-2-14-23-18)25(20-11-12-20)15-16-4-6-17(7-5-16)22(27)24-19-8-9-19/h1-7,10,13-14,19-20H,8-9,11-12,15H2,(H,24,27)/b13-10+. The van der Waals surface area contributed by atoms with E-state index in [1.165, 1.54) is 0 Å². The third-order valence-corrected chi connectivity index (χ3v) is 4.84. The fourth-order valence-corrected chi connectivity index (χ4v) is 2.95. The minimum atomic E-state index is -0.0162. The maximum atomic E-state index is 12.7. The Hall–Kier alpha value is -2.95. The van der Waals surface area contributed by atoms with E-state index in [0.29, 0.717) is 24.2 Å². The van der Waals surface area contributed by atoms with Crippen molar-refractivity contribution in [2.24, 2.45) is 0 Å². The van der Waals surface area contributed by atoms with Crippen LogP contribution in [0.15, 0.2) is 54.7 Å². The third-order valence-electron chi connectivity index (χ3n) is 4.84. The van der Waals surface area contributed by atoms with Crippen LogP contribution >= 0.6 is 0 Å². The molecule has 1 heterocycles. The number of aromatic nitrogens is 1. The van der Waals surface area contributed by atoms with Crippen LogP contribution in [-0.2, 0) is 11.3 Å². The number of hydrogen-bond acceptors (Lipinski definition) is 3. The summed E-state index contributed by atoms with van der Waals surface area (Å²) in [5, 5.41) is 2.99. The molecule has 2 aliphatic rings. The van der Waals surface area contributed by atoms with Gasteiger partial charge >= 0.3 is 0 Å². The molecule has 2 aromatic rings. The molecule has 4 rings (SSSR count). The number of carbonyl (C=O) groups is 2. The van der Waals surface area contributed by atoms with Crippen molar-refractivity contribution in [1.82, 2.24) is 15.2 Å². The molecule has 5 heteroatoms. The van der Waals surface area contributed by atoms with Crippen molar-refractivity contribution < 1.29 is 9.59 Å². The van der Waals surface area contributed by atoms with Crippen LogP contribution in [0.3, 0.4) is 0 Å². The van der Waals surface area contributed by atoms with Gasteiger partial charge in [-0.3, -0.25) is 14.6 Å². The highest BCUT2D eigenvalue weighted by molar-refractivity contribution is 5.94. The average molecular weight is 361 g/mol. The molecule has 0 bridgehead atoms. The lowest BCUT2D eigenvalue weighted by Crippen LogP contribution is -2.31. The molecule has 1 N–H and O–H groups in total. The molecular weight excluding hydrogens is 338 g/mol. The predicted octanol–water partition coefficient (Wildman–Crippen LogP) is 3.18. The molecule has 5 nitrogen and oxygen atoms in total. The van der Waals surface area contributed by atoms with E-state index in [4.69, 9.17) is 0 Å². The second kappa shape index (κ2) is 7.74. The summed E-state index contributed by atoms with van der Waals surface area (Å²) in [5.41, 5.74) is 2.47. The molecule has 0 radical (unpaired) electrons. The molecule has 2 aliphatic carbocycles. The Morgan fingerprint density at radius 2 is 1.85 bits per heavy atom. The number of pyridine rings is 1. The van der Waals surface area contributed by atoms with Crippen LogP contribution in [0.1, 0.15) is 47.3 Å². The molecule has 0 unspecified atom stereocenters. The molecule has 0 spiro atoms. The normalized spacial score (nSPS) is 16.3. The Kier molecular flexibility index (Phi) is 5.01. The lowest BCUT2D eigenvalue weighted by Gasteiger charge is -2.21. The van der Waals surface area contributed by atoms with E-state index < -0.39 is 0 Å². The largest absolute Gasteiger partial charge is 0.349 e. The van der Waals surface area contributed by atoms with Crippen LogP contribution in [0.4, 0.5) is 0 Å². The van der Waals surface area contributed by atoms with E-state index in [0.717, 1.165) is 36.9 Å². The van der Waals surface area contributed by atoms with E-state index in [2.05, 4.69) is 10.3 Å². The summed E-state index contributed by atoms with van der Waals surface area (Å²) >= 11 is 0. The number of benzene rings is 1.